The number of aldehydes is 1. The zero-order chi connectivity index (χ0) is 10.7. The summed E-state index contributed by atoms with van der Waals surface area (Å²) in [5.41, 5.74) is 1.000. The molecule has 1 heterocycles. The maximum atomic E-state index is 11.3. The van der Waals surface area contributed by atoms with Crippen LogP contribution >= 0.6 is 0 Å². The van der Waals surface area contributed by atoms with Crippen LogP contribution in [0.4, 0.5) is 0 Å². The van der Waals surface area contributed by atoms with Crippen LogP contribution in [0.25, 0.3) is 0 Å². The van der Waals surface area contributed by atoms with Crippen molar-refractivity contribution in [3.8, 4) is 0 Å². The van der Waals surface area contributed by atoms with E-state index >= 15 is 0 Å². The third-order valence-corrected chi connectivity index (χ3v) is 3.44. The molecule has 1 aromatic carbocycles. The average Bonchev–Trinajstić information content (AvgIpc) is 2.62. The summed E-state index contributed by atoms with van der Waals surface area (Å²) in [4.78, 5) is 13.5. The van der Waals surface area contributed by atoms with E-state index in [2.05, 4.69) is 17.0 Å². The molecular weight excluding hydrogens is 186 g/mol. The van der Waals surface area contributed by atoms with Gasteiger partial charge in [-0.3, -0.25) is 4.90 Å². The van der Waals surface area contributed by atoms with Gasteiger partial charge in [0.15, 0.2) is 0 Å². The van der Waals surface area contributed by atoms with Gasteiger partial charge in [-0.15, -0.1) is 0 Å². The Labute approximate surface area is 90.9 Å². The van der Waals surface area contributed by atoms with Crippen LogP contribution in [0.15, 0.2) is 30.3 Å². The molecule has 0 aliphatic carbocycles. The highest BCUT2D eigenvalue weighted by atomic mass is 16.1. The van der Waals surface area contributed by atoms with E-state index in [4.69, 9.17) is 0 Å². The van der Waals surface area contributed by atoms with Gasteiger partial charge in [-0.1, -0.05) is 30.3 Å². The van der Waals surface area contributed by atoms with Gasteiger partial charge in [0.05, 0.1) is 5.54 Å². The molecule has 2 rings (SSSR count). The third-order valence-electron chi connectivity index (χ3n) is 3.44. The van der Waals surface area contributed by atoms with Gasteiger partial charge in [-0.2, -0.15) is 0 Å². The first kappa shape index (κ1) is 10.4. The van der Waals surface area contributed by atoms with E-state index in [1.54, 1.807) is 0 Å². The fourth-order valence-electron chi connectivity index (χ4n) is 2.40. The second kappa shape index (κ2) is 4.15. The normalized spacial score (nSPS) is 26.7. The van der Waals surface area contributed by atoms with Gasteiger partial charge in [-0.05, 0) is 38.4 Å². The van der Waals surface area contributed by atoms with E-state index in [-0.39, 0.29) is 5.54 Å². The molecule has 2 nitrogen and oxygen atoms in total. The van der Waals surface area contributed by atoms with Crippen molar-refractivity contribution >= 4 is 6.29 Å². The lowest BCUT2D eigenvalue weighted by molar-refractivity contribution is -0.116. The molecule has 1 aliphatic heterocycles. The van der Waals surface area contributed by atoms with Crippen molar-refractivity contribution in [2.75, 3.05) is 13.6 Å². The summed E-state index contributed by atoms with van der Waals surface area (Å²) in [5, 5.41) is 0. The highest BCUT2D eigenvalue weighted by Gasteiger charge is 2.38. The molecule has 1 aliphatic rings. The Bertz CT molecular complexity index is 336. The molecule has 1 fully saturated rings. The van der Waals surface area contributed by atoms with Gasteiger partial charge in [0.1, 0.15) is 6.29 Å². The Hall–Kier alpha value is -1.15. The van der Waals surface area contributed by atoms with Gasteiger partial charge >= 0.3 is 0 Å². The lowest BCUT2D eigenvalue weighted by Crippen LogP contribution is -2.44. The topological polar surface area (TPSA) is 20.3 Å². The number of rotatable bonds is 3. The average molecular weight is 203 g/mol. The number of carbonyl (C=O) groups is 1. The molecule has 2 heteroatoms. The number of nitrogens with zero attached hydrogens (tertiary/aromatic N) is 1. The molecule has 1 aromatic rings. The molecule has 15 heavy (non-hydrogen) atoms. The Morgan fingerprint density at radius 1 is 1.40 bits per heavy atom. The molecule has 0 unspecified atom stereocenters. The lowest BCUT2D eigenvalue weighted by atomic mass is 9.90. The standard InChI is InChI=1S/C13H17NO/c1-14-9-5-8-13(14,11-15)10-12-6-3-2-4-7-12/h2-4,6-7,11H,5,8-10H2,1H3/t13-/m1/s1. The van der Waals surface area contributed by atoms with Crippen LogP contribution < -0.4 is 0 Å². The zero-order valence-electron chi connectivity index (χ0n) is 9.15. The molecular formula is C13H17NO. The van der Waals surface area contributed by atoms with Gasteiger partial charge < -0.3 is 4.79 Å². The van der Waals surface area contributed by atoms with E-state index in [0.29, 0.717) is 0 Å². The highest BCUT2D eigenvalue weighted by Crippen LogP contribution is 2.29. The maximum absolute atomic E-state index is 11.3. The first-order valence-corrected chi connectivity index (χ1v) is 5.48. The first-order chi connectivity index (χ1) is 7.27. The van der Waals surface area contributed by atoms with Crippen LogP contribution in [0, 0.1) is 0 Å². The maximum Gasteiger partial charge on any atom is 0.140 e. The zero-order valence-corrected chi connectivity index (χ0v) is 9.15. The lowest BCUT2D eigenvalue weighted by Gasteiger charge is -2.30. The summed E-state index contributed by atoms with van der Waals surface area (Å²) in [6, 6.07) is 10.3. The SMILES string of the molecule is CN1CCC[C@]1(C=O)Cc1ccccc1. The van der Waals surface area contributed by atoms with Crippen molar-refractivity contribution in [3.05, 3.63) is 35.9 Å². The van der Waals surface area contributed by atoms with Crippen molar-refractivity contribution in [3.63, 3.8) is 0 Å². The van der Waals surface area contributed by atoms with Crippen LogP contribution in [0.1, 0.15) is 18.4 Å². The second-order valence-electron chi connectivity index (χ2n) is 4.41. The van der Waals surface area contributed by atoms with Crippen molar-refractivity contribution < 1.29 is 4.79 Å². The summed E-state index contributed by atoms with van der Waals surface area (Å²) in [6.45, 7) is 1.03. The second-order valence-corrected chi connectivity index (χ2v) is 4.41. The van der Waals surface area contributed by atoms with Gasteiger partial charge in [0, 0.05) is 0 Å². The summed E-state index contributed by atoms with van der Waals surface area (Å²) in [7, 11) is 2.05. The van der Waals surface area contributed by atoms with Crippen molar-refractivity contribution in [1.82, 2.24) is 4.90 Å². The summed E-state index contributed by atoms with van der Waals surface area (Å²) < 4.78 is 0. The Morgan fingerprint density at radius 3 is 2.67 bits per heavy atom. The summed E-state index contributed by atoms with van der Waals surface area (Å²) >= 11 is 0. The fraction of sp³-hybridized carbons (Fsp3) is 0.462. The number of hydrogen-bond donors (Lipinski definition) is 0. The van der Waals surface area contributed by atoms with E-state index in [0.717, 1.165) is 32.1 Å². The summed E-state index contributed by atoms with van der Waals surface area (Å²) in [5.74, 6) is 0. The van der Waals surface area contributed by atoms with Crippen LogP contribution in [-0.4, -0.2) is 30.3 Å². The molecule has 1 atom stereocenters. The monoisotopic (exact) mass is 203 g/mol. The largest absolute Gasteiger partial charge is 0.301 e. The molecule has 0 amide bonds. The molecule has 0 bridgehead atoms. The Balaban J connectivity index is 2.18. The van der Waals surface area contributed by atoms with Gasteiger partial charge in [0.25, 0.3) is 0 Å². The minimum Gasteiger partial charge on any atom is -0.301 e. The van der Waals surface area contributed by atoms with Crippen molar-refractivity contribution in [2.45, 2.75) is 24.8 Å². The molecule has 80 valence electrons. The Kier molecular flexibility index (Phi) is 2.87. The quantitative estimate of drug-likeness (QED) is 0.699. The minimum absolute atomic E-state index is 0.249. The van der Waals surface area contributed by atoms with Crippen LogP contribution in [0.5, 0.6) is 0 Å². The molecule has 0 aromatic heterocycles. The van der Waals surface area contributed by atoms with E-state index in [1.807, 2.05) is 25.2 Å². The Morgan fingerprint density at radius 2 is 2.13 bits per heavy atom. The van der Waals surface area contributed by atoms with Crippen molar-refractivity contribution in [2.24, 2.45) is 0 Å². The number of carbonyl (C=O) groups excluding carboxylic acids is 1. The van der Waals surface area contributed by atoms with E-state index in [9.17, 15) is 4.79 Å². The minimum atomic E-state index is -0.249. The molecule has 0 spiro atoms. The summed E-state index contributed by atoms with van der Waals surface area (Å²) in [6.07, 6.45) is 4.09. The number of likely N-dealkylation sites (N-methyl/N-ethyl adjacent to an activating group) is 1. The molecule has 0 radical (unpaired) electrons. The number of likely N-dealkylation sites (tertiary alicyclic amines) is 1. The van der Waals surface area contributed by atoms with Crippen LogP contribution in [0.3, 0.4) is 0 Å². The first-order valence-electron chi connectivity index (χ1n) is 5.48. The van der Waals surface area contributed by atoms with E-state index in [1.165, 1.54) is 5.56 Å². The predicted molar refractivity (Wildman–Crippen MR) is 60.8 cm³/mol. The molecule has 1 saturated heterocycles. The molecule has 0 N–H and O–H groups in total. The predicted octanol–water partition coefficient (Wildman–Crippen LogP) is 1.89. The van der Waals surface area contributed by atoms with Gasteiger partial charge in [0.2, 0.25) is 0 Å². The van der Waals surface area contributed by atoms with Crippen molar-refractivity contribution in [1.29, 1.82) is 0 Å². The number of hydrogen-bond acceptors (Lipinski definition) is 2. The van der Waals surface area contributed by atoms with Crippen LogP contribution in [-0.2, 0) is 11.2 Å². The smallest absolute Gasteiger partial charge is 0.140 e. The van der Waals surface area contributed by atoms with Gasteiger partial charge in [-0.25, -0.2) is 0 Å². The van der Waals surface area contributed by atoms with Crippen LogP contribution in [0.2, 0.25) is 0 Å². The highest BCUT2D eigenvalue weighted by molar-refractivity contribution is 5.65. The molecule has 0 saturated carbocycles. The third kappa shape index (κ3) is 1.95. The fourth-order valence-corrected chi connectivity index (χ4v) is 2.40. The van der Waals surface area contributed by atoms with E-state index < -0.39 is 0 Å². The number of benzene rings is 1.